The van der Waals surface area contributed by atoms with Crippen LogP contribution in [-0.2, 0) is 15.9 Å². The maximum Gasteiger partial charge on any atom is 0.559 e. The molecule has 0 heterocycles. The number of allylic oxidation sites excluding steroid dienone is 2. The highest BCUT2D eigenvalue weighted by atomic mass is 19.5. The summed E-state index contributed by atoms with van der Waals surface area (Å²) in [4.78, 5) is 0. The van der Waals surface area contributed by atoms with Crippen molar-refractivity contribution in [3.8, 4) is 0 Å². The number of aryl methyl sites for hydroxylation is 1. The molecule has 2 atom stereocenters. The molecule has 7 heteroatoms. The van der Waals surface area contributed by atoms with Crippen molar-refractivity contribution in [1.82, 2.24) is 0 Å². The van der Waals surface area contributed by atoms with Gasteiger partial charge in [-0.05, 0) is 74.8 Å². The van der Waals surface area contributed by atoms with E-state index in [-0.39, 0.29) is 12.8 Å². The maximum atomic E-state index is 12.2. The summed E-state index contributed by atoms with van der Waals surface area (Å²) in [5.41, 5.74) is 2.81. The van der Waals surface area contributed by atoms with Crippen LogP contribution in [0.1, 0.15) is 75.3 Å². The molecule has 0 radical (unpaired) electrons. The summed E-state index contributed by atoms with van der Waals surface area (Å²) < 4.78 is 62.7. The standard InChI is InChI=1S/C30H43FO2.CF4/c1-2-28(29-19-12-8-13-20-29)26-30(33-25-24-32-23-15-22-31)21-14-6-4-3-5-9-16-27-17-10-7-11-18-27;2-1(3,4)5/h3-4,7-8,10-13,17-20,28,30H,2,5-6,9,14-16,21-26H2,1H3;/b4-3+;. The molecule has 0 aliphatic carbocycles. The van der Waals surface area contributed by atoms with E-state index < -0.39 is 6.43 Å². The van der Waals surface area contributed by atoms with E-state index in [1.54, 1.807) is 0 Å². The molecular weight excluding hydrogens is 499 g/mol. The zero-order valence-corrected chi connectivity index (χ0v) is 22.5. The van der Waals surface area contributed by atoms with Crippen molar-refractivity contribution in [2.75, 3.05) is 26.5 Å². The summed E-state index contributed by atoms with van der Waals surface area (Å²) in [7, 11) is 0. The Morgan fingerprint density at radius 1 is 0.789 bits per heavy atom. The first-order chi connectivity index (χ1) is 18.3. The van der Waals surface area contributed by atoms with E-state index in [4.69, 9.17) is 9.47 Å². The van der Waals surface area contributed by atoms with Crippen LogP contribution in [0.4, 0.5) is 22.0 Å². The van der Waals surface area contributed by atoms with E-state index in [1.807, 2.05) is 0 Å². The minimum Gasteiger partial charge on any atom is -0.379 e. The largest absolute Gasteiger partial charge is 0.559 e. The summed E-state index contributed by atoms with van der Waals surface area (Å²) in [6.45, 7) is 3.53. The van der Waals surface area contributed by atoms with Crippen LogP contribution in [0.25, 0.3) is 0 Å². The molecule has 0 aliphatic rings. The Labute approximate surface area is 225 Å². The molecule has 2 aromatic carbocycles. The van der Waals surface area contributed by atoms with E-state index in [0.29, 0.717) is 32.2 Å². The third kappa shape index (κ3) is 19.8. The lowest BCUT2D eigenvalue weighted by atomic mass is 9.89. The predicted molar refractivity (Wildman–Crippen MR) is 145 cm³/mol. The lowest BCUT2D eigenvalue weighted by Gasteiger charge is -2.24. The van der Waals surface area contributed by atoms with Gasteiger partial charge < -0.3 is 9.47 Å². The topological polar surface area (TPSA) is 18.5 Å². The Morgan fingerprint density at radius 2 is 1.39 bits per heavy atom. The smallest absolute Gasteiger partial charge is 0.379 e. The first-order valence-electron chi connectivity index (χ1n) is 13.6. The molecule has 0 saturated carbocycles. The first kappa shape index (κ1) is 33.8. The van der Waals surface area contributed by atoms with Gasteiger partial charge in [0.2, 0.25) is 0 Å². The predicted octanol–water partition coefficient (Wildman–Crippen LogP) is 9.56. The van der Waals surface area contributed by atoms with E-state index in [1.165, 1.54) is 17.5 Å². The molecule has 0 aliphatic heterocycles. The van der Waals surface area contributed by atoms with Gasteiger partial charge in [0.25, 0.3) is 0 Å². The van der Waals surface area contributed by atoms with Gasteiger partial charge in [-0.2, -0.15) is 0 Å². The monoisotopic (exact) mass is 542 g/mol. The molecule has 0 N–H and O–H groups in total. The molecule has 38 heavy (non-hydrogen) atoms. The number of unbranched alkanes of at least 4 members (excludes halogenated alkanes) is 2. The second kappa shape index (κ2) is 21.7. The zero-order valence-electron chi connectivity index (χ0n) is 22.5. The van der Waals surface area contributed by atoms with E-state index in [2.05, 4.69) is 79.7 Å². The van der Waals surface area contributed by atoms with Crippen LogP contribution < -0.4 is 0 Å². The van der Waals surface area contributed by atoms with Gasteiger partial charge >= 0.3 is 6.43 Å². The number of hydrogen-bond acceptors (Lipinski definition) is 2. The highest BCUT2D eigenvalue weighted by Gasteiger charge is 2.24. The fraction of sp³-hybridized carbons (Fsp3) is 0.548. The van der Waals surface area contributed by atoms with Crippen molar-refractivity contribution in [2.45, 2.75) is 83.2 Å². The molecule has 0 fully saturated rings. The molecule has 2 nitrogen and oxygen atoms in total. The summed E-state index contributed by atoms with van der Waals surface area (Å²) >= 11 is 0. The highest BCUT2D eigenvalue weighted by Crippen LogP contribution is 2.27. The van der Waals surface area contributed by atoms with E-state index in [0.717, 1.165) is 44.9 Å². The Bertz CT molecular complexity index is 806. The Kier molecular flexibility index (Phi) is 19.3. The molecule has 2 rings (SSSR count). The number of hydrogen-bond donors (Lipinski definition) is 0. The summed E-state index contributed by atoms with van der Waals surface area (Å²) in [5, 5.41) is 0. The van der Waals surface area contributed by atoms with Crippen molar-refractivity contribution in [1.29, 1.82) is 0 Å². The van der Waals surface area contributed by atoms with Crippen LogP contribution >= 0.6 is 0 Å². The molecular formula is C31H43F5O2. The van der Waals surface area contributed by atoms with Crippen molar-refractivity contribution in [2.24, 2.45) is 0 Å². The van der Waals surface area contributed by atoms with Crippen molar-refractivity contribution >= 4 is 0 Å². The van der Waals surface area contributed by atoms with Crippen molar-refractivity contribution in [3.05, 3.63) is 83.9 Å². The zero-order chi connectivity index (χ0) is 27.9. The second-order valence-corrected chi connectivity index (χ2v) is 9.11. The van der Waals surface area contributed by atoms with Gasteiger partial charge in [0.15, 0.2) is 0 Å². The maximum absolute atomic E-state index is 12.2. The van der Waals surface area contributed by atoms with Gasteiger partial charge in [-0.25, -0.2) is 0 Å². The van der Waals surface area contributed by atoms with Crippen LogP contribution in [0, 0.1) is 0 Å². The number of benzene rings is 2. The van der Waals surface area contributed by atoms with Gasteiger partial charge in [-0.3, -0.25) is 4.39 Å². The number of halogens is 5. The number of rotatable bonds is 19. The normalized spacial score (nSPS) is 13.2. The van der Waals surface area contributed by atoms with Gasteiger partial charge in [0, 0.05) is 6.61 Å². The quantitative estimate of drug-likeness (QED) is 0.1000. The van der Waals surface area contributed by atoms with Crippen LogP contribution in [0.3, 0.4) is 0 Å². The fourth-order valence-corrected chi connectivity index (χ4v) is 4.15. The van der Waals surface area contributed by atoms with Gasteiger partial charge in [-0.1, -0.05) is 79.7 Å². The van der Waals surface area contributed by atoms with Gasteiger partial charge in [-0.15, -0.1) is 17.6 Å². The second-order valence-electron chi connectivity index (χ2n) is 9.11. The SMILES string of the molecule is CCC(CC(CCC/C=C/CCCc1ccccc1)OCCOCCCF)c1ccccc1.FC(F)(F)F. The Hall–Kier alpha value is -2.25. The Morgan fingerprint density at radius 3 is 2.00 bits per heavy atom. The molecule has 0 saturated heterocycles. The van der Waals surface area contributed by atoms with Crippen molar-refractivity contribution < 1.29 is 31.4 Å². The minimum absolute atomic E-state index is 0.228. The number of alkyl halides is 5. The van der Waals surface area contributed by atoms with E-state index in [9.17, 15) is 22.0 Å². The number of ether oxygens (including phenoxy) is 2. The van der Waals surface area contributed by atoms with Crippen LogP contribution in [0.2, 0.25) is 0 Å². The summed E-state index contributed by atoms with van der Waals surface area (Å²) in [5.74, 6) is 0.511. The molecule has 2 aromatic rings. The lowest BCUT2D eigenvalue weighted by Crippen LogP contribution is -2.20. The summed E-state index contributed by atoms with van der Waals surface area (Å²) in [6, 6.07) is 21.5. The van der Waals surface area contributed by atoms with Crippen LogP contribution in [-0.4, -0.2) is 39.0 Å². The third-order valence-corrected chi connectivity index (χ3v) is 6.06. The lowest BCUT2D eigenvalue weighted by molar-refractivity contribution is -0.237. The first-order valence-corrected chi connectivity index (χ1v) is 13.6. The molecule has 0 amide bonds. The summed E-state index contributed by atoms with van der Waals surface area (Å²) in [6.07, 6.45) is 8.76. The minimum atomic E-state index is -5.50. The Balaban J connectivity index is 0.00000132. The molecule has 0 spiro atoms. The van der Waals surface area contributed by atoms with Crippen LogP contribution in [0.5, 0.6) is 0 Å². The third-order valence-electron chi connectivity index (χ3n) is 6.06. The molecule has 2 unspecified atom stereocenters. The molecule has 0 bridgehead atoms. The molecule has 0 aromatic heterocycles. The van der Waals surface area contributed by atoms with Crippen molar-refractivity contribution in [3.63, 3.8) is 0 Å². The van der Waals surface area contributed by atoms with Crippen LogP contribution in [0.15, 0.2) is 72.8 Å². The average molecular weight is 543 g/mol. The molecule has 214 valence electrons. The highest BCUT2D eigenvalue weighted by molar-refractivity contribution is 5.19. The average Bonchev–Trinajstić information content (AvgIpc) is 2.90. The van der Waals surface area contributed by atoms with Gasteiger partial charge in [0.05, 0.1) is 26.0 Å². The van der Waals surface area contributed by atoms with Gasteiger partial charge in [0.1, 0.15) is 0 Å². The fourth-order valence-electron chi connectivity index (χ4n) is 4.15. The van der Waals surface area contributed by atoms with E-state index >= 15 is 0 Å².